The zero-order chi connectivity index (χ0) is 22.9. The fraction of sp³-hybridized carbons (Fsp3) is 0.391. The number of quaternary nitrogens is 1. The molecule has 0 saturated carbocycles. The Balaban J connectivity index is 1.48. The number of fused-ring (bicyclic) bond motifs is 3. The van der Waals surface area contributed by atoms with Crippen LogP contribution in [0.2, 0.25) is 0 Å². The zero-order valence-corrected chi connectivity index (χ0v) is 18.1. The minimum absolute atomic E-state index is 0.00813. The van der Waals surface area contributed by atoms with Gasteiger partial charge in [-0.2, -0.15) is 0 Å². The molecule has 32 heavy (non-hydrogen) atoms. The molecule has 4 rings (SSSR count). The first-order chi connectivity index (χ1) is 15.3. The van der Waals surface area contributed by atoms with Crippen molar-refractivity contribution in [2.45, 2.75) is 12.0 Å². The van der Waals surface area contributed by atoms with Crippen LogP contribution < -0.4 is 5.32 Å². The van der Waals surface area contributed by atoms with E-state index in [1.807, 2.05) is 62.6 Å². The third-order valence-electron chi connectivity index (χ3n) is 6.40. The van der Waals surface area contributed by atoms with E-state index in [1.165, 1.54) is 0 Å². The predicted molar refractivity (Wildman–Crippen MR) is 118 cm³/mol. The zero-order valence-electron chi connectivity index (χ0n) is 18.1. The Kier molecular flexibility index (Phi) is 5.54. The van der Waals surface area contributed by atoms with Crippen molar-refractivity contribution in [2.24, 2.45) is 10.5 Å². The number of carboxylic acid groups (broad SMARTS) is 1. The maximum atomic E-state index is 12.7. The number of rotatable bonds is 7. The smallest absolute Gasteiger partial charge is 0.407 e. The lowest BCUT2D eigenvalue weighted by Crippen LogP contribution is -2.74. The number of amides is 1. The number of carbonyl (C=O) groups excluding carboxylic acids is 1. The molecule has 0 bridgehead atoms. The second-order valence-electron chi connectivity index (χ2n) is 9.24. The average molecular weight is 436 g/mol. The average Bonchev–Trinajstić information content (AvgIpc) is 3.06. The highest BCUT2D eigenvalue weighted by atomic mass is 16.5. The third-order valence-corrected chi connectivity index (χ3v) is 6.40. The molecule has 1 saturated heterocycles. The van der Waals surface area contributed by atoms with Crippen molar-refractivity contribution in [3.63, 3.8) is 0 Å². The first-order valence-corrected chi connectivity index (χ1v) is 10.4. The number of hydrogen-bond donors (Lipinski definition) is 2. The number of aliphatic carboxylic acids is 1. The normalized spacial score (nSPS) is 18.3. The summed E-state index contributed by atoms with van der Waals surface area (Å²) in [6.07, 6.45) is -0.795. The number of benzene rings is 2. The van der Waals surface area contributed by atoms with Crippen LogP contribution in [0.15, 0.2) is 53.6 Å². The molecule has 0 unspecified atom stereocenters. The van der Waals surface area contributed by atoms with E-state index >= 15 is 0 Å². The summed E-state index contributed by atoms with van der Waals surface area (Å²) in [5.74, 6) is -1.29. The van der Waals surface area contributed by atoms with Crippen molar-refractivity contribution < 1.29 is 23.9 Å². The lowest BCUT2D eigenvalue weighted by Gasteiger charge is -2.54. The minimum atomic E-state index is -1.21. The number of carboxylic acids is 1. The monoisotopic (exact) mass is 436 g/mol. The molecule has 166 valence electrons. The number of nitrogens with zero attached hydrogens (tertiary/aromatic N) is 4. The van der Waals surface area contributed by atoms with E-state index in [2.05, 4.69) is 15.3 Å². The summed E-state index contributed by atoms with van der Waals surface area (Å²) in [5.41, 5.74) is 12.3. The Bertz CT molecular complexity index is 1060. The number of azide groups is 1. The van der Waals surface area contributed by atoms with Crippen LogP contribution in [-0.4, -0.2) is 68.0 Å². The first kappa shape index (κ1) is 21.7. The molecule has 2 aromatic carbocycles. The highest BCUT2D eigenvalue weighted by Gasteiger charge is 2.59. The van der Waals surface area contributed by atoms with Crippen molar-refractivity contribution in [1.82, 2.24) is 5.32 Å². The topological polar surface area (TPSA) is 124 Å². The summed E-state index contributed by atoms with van der Waals surface area (Å²) in [6.45, 7) is 1.02. The van der Waals surface area contributed by atoms with Gasteiger partial charge in [0.05, 0.1) is 27.2 Å². The van der Waals surface area contributed by atoms with Crippen LogP contribution in [0.4, 0.5) is 4.79 Å². The Hall–Kier alpha value is -3.55. The number of alkyl carbamates (subject to hydrolysis) is 1. The van der Waals surface area contributed by atoms with Crippen LogP contribution in [0.25, 0.3) is 21.6 Å². The van der Waals surface area contributed by atoms with E-state index in [-0.39, 0.29) is 19.1 Å². The highest BCUT2D eigenvalue weighted by Crippen LogP contribution is 2.44. The quantitative estimate of drug-likeness (QED) is 0.299. The number of ether oxygens (including phenoxy) is 1. The standard InChI is InChI=1S/C23H25N5O4/c1-28(2)13-23(14-28,12-25-27-24)20(21(29)30)26-22(31)32-11-19-17-9-5-3-7-15(17)16-8-4-6-10-18(16)19/h3-10,19-20H,11-14H2,1-2H3,(H-,26,29,30,31)/p+1/t20-/m1/s1. The van der Waals surface area contributed by atoms with Crippen LogP contribution >= 0.6 is 0 Å². The first-order valence-electron chi connectivity index (χ1n) is 10.4. The maximum absolute atomic E-state index is 12.7. The van der Waals surface area contributed by atoms with Gasteiger partial charge in [-0.1, -0.05) is 53.6 Å². The number of nitrogens with one attached hydrogen (secondary N) is 1. The molecule has 1 amide bonds. The summed E-state index contributed by atoms with van der Waals surface area (Å²) < 4.78 is 6.10. The summed E-state index contributed by atoms with van der Waals surface area (Å²) in [5, 5.41) is 16.0. The Morgan fingerprint density at radius 3 is 2.25 bits per heavy atom. The van der Waals surface area contributed by atoms with Gasteiger partial charge in [0.1, 0.15) is 18.1 Å². The van der Waals surface area contributed by atoms with Crippen molar-refractivity contribution in [3.8, 4) is 11.1 Å². The molecule has 1 heterocycles. The summed E-state index contributed by atoms with van der Waals surface area (Å²) in [4.78, 5) is 27.5. The molecule has 1 fully saturated rings. The van der Waals surface area contributed by atoms with Crippen LogP contribution in [0.3, 0.4) is 0 Å². The van der Waals surface area contributed by atoms with E-state index in [9.17, 15) is 14.7 Å². The van der Waals surface area contributed by atoms with Crippen molar-refractivity contribution >= 4 is 12.1 Å². The lowest BCUT2D eigenvalue weighted by atomic mass is 9.71. The molecule has 0 radical (unpaired) electrons. The Morgan fingerprint density at radius 1 is 1.19 bits per heavy atom. The van der Waals surface area contributed by atoms with E-state index in [1.54, 1.807) is 0 Å². The van der Waals surface area contributed by atoms with Gasteiger partial charge in [0.15, 0.2) is 0 Å². The van der Waals surface area contributed by atoms with Crippen molar-refractivity contribution in [2.75, 3.05) is 40.3 Å². The van der Waals surface area contributed by atoms with Gasteiger partial charge in [-0.3, -0.25) is 0 Å². The fourth-order valence-electron chi connectivity index (χ4n) is 5.44. The highest BCUT2D eigenvalue weighted by molar-refractivity contribution is 5.82. The van der Waals surface area contributed by atoms with Gasteiger partial charge in [-0.05, 0) is 27.8 Å². The largest absolute Gasteiger partial charge is 0.480 e. The van der Waals surface area contributed by atoms with Crippen LogP contribution in [0, 0.1) is 5.41 Å². The summed E-state index contributed by atoms with van der Waals surface area (Å²) >= 11 is 0. The molecule has 0 spiro atoms. The molecule has 9 heteroatoms. The van der Waals surface area contributed by atoms with Gasteiger partial charge >= 0.3 is 12.1 Å². The predicted octanol–water partition coefficient (Wildman–Crippen LogP) is 3.37. The summed E-state index contributed by atoms with van der Waals surface area (Å²) in [7, 11) is 3.92. The summed E-state index contributed by atoms with van der Waals surface area (Å²) in [6, 6.07) is 14.8. The number of likely N-dealkylation sites (tertiary alicyclic amines) is 1. The van der Waals surface area contributed by atoms with Gasteiger partial charge in [-0.15, -0.1) is 0 Å². The molecule has 1 atom stereocenters. The second kappa shape index (κ2) is 8.18. The van der Waals surface area contributed by atoms with E-state index < -0.39 is 23.5 Å². The number of carbonyl (C=O) groups is 2. The van der Waals surface area contributed by atoms with Gasteiger partial charge in [-0.25, -0.2) is 9.59 Å². The lowest BCUT2D eigenvalue weighted by molar-refractivity contribution is -0.949. The third kappa shape index (κ3) is 3.88. The van der Waals surface area contributed by atoms with Crippen LogP contribution in [0.1, 0.15) is 17.0 Å². The van der Waals surface area contributed by atoms with Gasteiger partial charge in [0.2, 0.25) is 0 Å². The van der Waals surface area contributed by atoms with E-state index in [0.29, 0.717) is 17.6 Å². The molecule has 1 aliphatic carbocycles. The SMILES string of the molecule is C[N+]1(C)CC(CN=[N+]=[N-])([C@H](NC(=O)OCC2c3ccccc3-c3ccccc32)C(=O)O)C1. The van der Waals surface area contributed by atoms with E-state index in [4.69, 9.17) is 10.3 Å². The molecule has 1 aliphatic heterocycles. The molecular weight excluding hydrogens is 410 g/mol. The minimum Gasteiger partial charge on any atom is -0.480 e. The number of hydrogen-bond acceptors (Lipinski definition) is 4. The van der Waals surface area contributed by atoms with Gasteiger partial charge in [0, 0.05) is 17.4 Å². The Morgan fingerprint density at radius 2 is 1.75 bits per heavy atom. The molecule has 2 aromatic rings. The van der Waals surface area contributed by atoms with Gasteiger partial charge < -0.3 is 19.6 Å². The molecule has 2 N–H and O–H groups in total. The second-order valence-corrected chi connectivity index (χ2v) is 9.24. The fourth-order valence-corrected chi connectivity index (χ4v) is 5.44. The van der Waals surface area contributed by atoms with Crippen LogP contribution in [-0.2, 0) is 9.53 Å². The molecular formula is C23H26N5O4+. The Labute approximate surface area is 185 Å². The molecule has 0 aromatic heterocycles. The van der Waals surface area contributed by atoms with E-state index in [0.717, 1.165) is 22.3 Å². The van der Waals surface area contributed by atoms with Crippen molar-refractivity contribution in [1.29, 1.82) is 0 Å². The molecule has 9 nitrogen and oxygen atoms in total. The van der Waals surface area contributed by atoms with Crippen molar-refractivity contribution in [3.05, 3.63) is 70.1 Å². The molecule has 2 aliphatic rings. The van der Waals surface area contributed by atoms with Gasteiger partial charge in [0.25, 0.3) is 0 Å². The van der Waals surface area contributed by atoms with Crippen LogP contribution in [0.5, 0.6) is 0 Å². The maximum Gasteiger partial charge on any atom is 0.407 e.